The SMILES string of the molecule is BrCc1ccc(-c2ccc(CBr)cn2)nc1.c1ccc2c(c1)Cc1ccccc1-2.c1ccc2c(c1)c1ccccc1n2Cc1ccc(-c2ccc(Cn3c4ccccc4c4ccccc43)cn2)nc1. The van der Waals surface area contributed by atoms with Gasteiger partial charge in [0.05, 0.1) is 22.8 Å². The first-order chi connectivity index (χ1) is 34.1. The van der Waals surface area contributed by atoms with E-state index in [4.69, 9.17) is 9.97 Å². The lowest BCUT2D eigenvalue weighted by molar-refractivity contribution is 0.860. The summed E-state index contributed by atoms with van der Waals surface area (Å²) in [7, 11) is 0. The van der Waals surface area contributed by atoms with E-state index in [9.17, 15) is 0 Å². The van der Waals surface area contributed by atoms with Gasteiger partial charge in [-0.05, 0) is 99.5 Å². The zero-order valence-corrected chi connectivity index (χ0v) is 40.9. The standard InChI is InChI=1S/C36H26N4.C13H10.C12H10Br2N2/c1-5-13-33-27(9-1)28-10-2-6-14-34(28)39(33)23-25-17-19-31(37-21-25)32-20-18-26(22-38-32)24-40-35-15-7-3-11-29(35)30-12-4-8-16-36(30)40;1-3-7-12-10(5-1)9-11-6-2-4-8-13(11)12;13-5-9-1-3-11(15-7-9)12-4-2-10(6-14)8-16-12/h1-22H,23-24H2;1-8H,9H2;1-4,7-8H,5-6H2. The summed E-state index contributed by atoms with van der Waals surface area (Å²) in [6.07, 6.45) is 8.79. The van der Waals surface area contributed by atoms with Crippen LogP contribution in [0, 0.1) is 0 Å². The molecule has 0 saturated heterocycles. The number of fused-ring (bicyclic) bond motifs is 9. The molecule has 0 atom stereocenters. The van der Waals surface area contributed by atoms with E-state index in [2.05, 4.69) is 233 Å². The van der Waals surface area contributed by atoms with E-state index < -0.39 is 0 Å². The molecule has 0 unspecified atom stereocenters. The Balaban J connectivity index is 0.000000145. The maximum absolute atomic E-state index is 4.80. The van der Waals surface area contributed by atoms with Crippen LogP contribution in [0.15, 0.2) is 219 Å². The maximum atomic E-state index is 4.80. The van der Waals surface area contributed by atoms with Crippen LogP contribution < -0.4 is 0 Å². The van der Waals surface area contributed by atoms with Crippen molar-refractivity contribution in [2.24, 2.45) is 0 Å². The van der Waals surface area contributed by atoms with Gasteiger partial charge in [0, 0.05) is 92.1 Å². The van der Waals surface area contributed by atoms with Crippen LogP contribution >= 0.6 is 31.9 Å². The average Bonchev–Trinajstić information content (AvgIpc) is 4.07. The number of hydrogen-bond acceptors (Lipinski definition) is 4. The summed E-state index contributed by atoms with van der Waals surface area (Å²) in [4.78, 5) is 18.3. The maximum Gasteiger partial charge on any atom is 0.0886 e. The Morgan fingerprint density at radius 3 is 0.913 bits per heavy atom. The van der Waals surface area contributed by atoms with E-state index in [-0.39, 0.29) is 0 Å². The summed E-state index contributed by atoms with van der Waals surface area (Å²) in [5, 5.41) is 6.80. The van der Waals surface area contributed by atoms with Gasteiger partial charge in [0.1, 0.15) is 0 Å². The van der Waals surface area contributed by atoms with Crippen molar-refractivity contribution >= 4 is 75.5 Å². The number of pyridine rings is 4. The van der Waals surface area contributed by atoms with Gasteiger partial charge in [-0.2, -0.15) is 0 Å². The Labute approximate surface area is 418 Å². The average molecular weight is 1020 g/mol. The highest BCUT2D eigenvalue weighted by molar-refractivity contribution is 9.08. The Hall–Kier alpha value is -7.52. The minimum absolute atomic E-state index is 0.770. The monoisotopic (exact) mass is 1020 g/mol. The highest BCUT2D eigenvalue weighted by Gasteiger charge is 2.16. The molecule has 13 rings (SSSR count). The van der Waals surface area contributed by atoms with Gasteiger partial charge in [-0.25, -0.2) is 0 Å². The second kappa shape index (κ2) is 20.0. The van der Waals surface area contributed by atoms with Gasteiger partial charge < -0.3 is 9.13 Å². The summed E-state index contributed by atoms with van der Waals surface area (Å²) >= 11 is 6.79. The zero-order valence-electron chi connectivity index (χ0n) is 37.8. The number of nitrogens with zero attached hydrogens (tertiary/aromatic N) is 6. The summed E-state index contributed by atoms with van der Waals surface area (Å²) in [5.41, 5.74) is 19.0. The first-order valence-corrected chi connectivity index (χ1v) is 25.4. The fraction of sp³-hybridized carbons (Fsp3) is 0.0820. The van der Waals surface area contributed by atoms with Gasteiger partial charge in [0.15, 0.2) is 0 Å². The normalized spacial score (nSPS) is 11.5. The third kappa shape index (κ3) is 9.13. The molecule has 6 aromatic heterocycles. The highest BCUT2D eigenvalue weighted by Crippen LogP contribution is 2.36. The number of para-hydroxylation sites is 4. The predicted molar refractivity (Wildman–Crippen MR) is 292 cm³/mol. The highest BCUT2D eigenvalue weighted by atomic mass is 79.9. The van der Waals surface area contributed by atoms with Crippen LogP contribution in [0.25, 0.3) is 77.5 Å². The molecule has 0 fully saturated rings. The van der Waals surface area contributed by atoms with E-state index in [1.54, 1.807) is 0 Å². The van der Waals surface area contributed by atoms with Gasteiger partial charge in [0.2, 0.25) is 0 Å². The van der Waals surface area contributed by atoms with Crippen molar-refractivity contribution in [3.63, 3.8) is 0 Å². The lowest BCUT2D eigenvalue weighted by Crippen LogP contribution is -2.01. The molecule has 6 heterocycles. The molecular formula is C61H46Br2N6. The van der Waals surface area contributed by atoms with Gasteiger partial charge in [-0.1, -0.05) is 177 Å². The number of aromatic nitrogens is 6. The van der Waals surface area contributed by atoms with Crippen molar-refractivity contribution in [1.82, 2.24) is 29.1 Å². The van der Waals surface area contributed by atoms with Gasteiger partial charge in [-0.15, -0.1) is 0 Å². The Kier molecular flexibility index (Phi) is 12.7. The summed E-state index contributed by atoms with van der Waals surface area (Å²) < 4.78 is 4.76. The molecule has 1 aliphatic rings. The fourth-order valence-corrected chi connectivity index (χ4v) is 10.1. The van der Waals surface area contributed by atoms with Crippen LogP contribution in [0.4, 0.5) is 0 Å². The zero-order chi connectivity index (χ0) is 46.5. The molecular weight excluding hydrogens is 977 g/mol. The van der Waals surface area contributed by atoms with Crippen LogP contribution in [-0.4, -0.2) is 29.1 Å². The van der Waals surface area contributed by atoms with Gasteiger partial charge >= 0.3 is 0 Å². The molecule has 12 aromatic rings. The smallest absolute Gasteiger partial charge is 0.0886 e. The quantitative estimate of drug-likeness (QED) is 0.142. The molecule has 0 aliphatic heterocycles. The van der Waals surface area contributed by atoms with Crippen LogP contribution in [0.3, 0.4) is 0 Å². The molecule has 0 amide bonds. The van der Waals surface area contributed by atoms with Crippen molar-refractivity contribution in [3.8, 4) is 33.9 Å². The molecule has 0 spiro atoms. The largest absolute Gasteiger partial charge is 0.336 e. The number of hydrogen-bond donors (Lipinski definition) is 0. The van der Waals surface area contributed by atoms with Crippen LogP contribution in [0.1, 0.15) is 33.4 Å². The topological polar surface area (TPSA) is 61.4 Å². The number of alkyl halides is 2. The summed E-state index contributed by atoms with van der Waals surface area (Å²) in [5.74, 6) is 0. The van der Waals surface area contributed by atoms with Crippen molar-refractivity contribution in [2.75, 3.05) is 0 Å². The molecule has 0 saturated carbocycles. The van der Waals surface area contributed by atoms with Crippen LogP contribution in [-0.2, 0) is 30.2 Å². The van der Waals surface area contributed by atoms with Gasteiger partial charge in [0.25, 0.3) is 0 Å². The lowest BCUT2D eigenvalue weighted by atomic mass is 10.1. The van der Waals surface area contributed by atoms with Gasteiger partial charge in [-0.3, -0.25) is 19.9 Å². The Morgan fingerprint density at radius 2 is 0.609 bits per heavy atom. The Morgan fingerprint density at radius 1 is 0.319 bits per heavy atom. The predicted octanol–water partition coefficient (Wildman–Crippen LogP) is 15.6. The number of rotatable bonds is 8. The molecule has 0 bridgehead atoms. The van der Waals surface area contributed by atoms with Crippen LogP contribution in [0.2, 0.25) is 0 Å². The van der Waals surface area contributed by atoms with E-state index in [0.29, 0.717) is 0 Å². The van der Waals surface area contributed by atoms with Crippen molar-refractivity contribution in [3.05, 3.63) is 252 Å². The fourth-order valence-electron chi connectivity index (χ4n) is 9.44. The molecule has 1 aliphatic carbocycles. The molecule has 6 nitrogen and oxygen atoms in total. The van der Waals surface area contributed by atoms with E-state index >= 15 is 0 Å². The molecule has 334 valence electrons. The summed E-state index contributed by atoms with van der Waals surface area (Å²) in [6.45, 7) is 1.54. The first-order valence-electron chi connectivity index (χ1n) is 23.1. The van der Waals surface area contributed by atoms with Crippen molar-refractivity contribution in [2.45, 2.75) is 30.2 Å². The summed E-state index contributed by atoms with van der Waals surface area (Å²) in [6, 6.07) is 68.3. The molecule has 69 heavy (non-hydrogen) atoms. The molecule has 6 aromatic carbocycles. The second-order valence-electron chi connectivity index (χ2n) is 17.2. The van der Waals surface area contributed by atoms with Crippen LogP contribution in [0.5, 0.6) is 0 Å². The molecule has 0 radical (unpaired) electrons. The third-order valence-electron chi connectivity index (χ3n) is 12.9. The molecule has 8 heteroatoms. The lowest BCUT2D eigenvalue weighted by Gasteiger charge is -2.10. The number of benzene rings is 6. The Bertz CT molecular complexity index is 3360. The third-order valence-corrected chi connectivity index (χ3v) is 14.2. The minimum atomic E-state index is 0.770. The van der Waals surface area contributed by atoms with E-state index in [1.807, 2.05) is 36.9 Å². The van der Waals surface area contributed by atoms with E-state index in [0.717, 1.165) is 52.9 Å². The molecule has 0 N–H and O–H groups in total. The first kappa shape index (κ1) is 44.0. The van der Waals surface area contributed by atoms with Crippen molar-refractivity contribution in [1.29, 1.82) is 0 Å². The number of halogens is 2. The minimum Gasteiger partial charge on any atom is -0.336 e. The van der Waals surface area contributed by atoms with E-state index in [1.165, 1.54) is 88.1 Å². The van der Waals surface area contributed by atoms with Crippen molar-refractivity contribution < 1.29 is 0 Å². The second-order valence-corrected chi connectivity index (χ2v) is 18.3.